The summed E-state index contributed by atoms with van der Waals surface area (Å²) in [6, 6.07) is 19.0. The van der Waals surface area contributed by atoms with Crippen LogP contribution in [0.3, 0.4) is 0 Å². The van der Waals surface area contributed by atoms with E-state index >= 15 is 0 Å². The van der Waals surface area contributed by atoms with Crippen molar-refractivity contribution in [3.63, 3.8) is 0 Å². The van der Waals surface area contributed by atoms with E-state index in [4.69, 9.17) is 10.8 Å². The van der Waals surface area contributed by atoms with E-state index in [2.05, 4.69) is 77.7 Å². The minimum Gasteiger partial charge on any atom is -0.481 e. The number of nitrogens with zero attached hydrogens (tertiary/aromatic N) is 2. The zero-order valence-corrected chi connectivity index (χ0v) is 22.4. The minimum absolute atomic E-state index is 0.0216. The van der Waals surface area contributed by atoms with Crippen LogP contribution in [-0.4, -0.2) is 61.7 Å². The third kappa shape index (κ3) is 9.63. The van der Waals surface area contributed by atoms with Crippen molar-refractivity contribution in [1.82, 2.24) is 10.2 Å². The Balaban J connectivity index is 0.000000346. The van der Waals surface area contributed by atoms with Gasteiger partial charge in [-0.25, -0.2) is 0 Å². The van der Waals surface area contributed by atoms with Crippen molar-refractivity contribution in [3.8, 4) is 0 Å². The zero-order valence-electron chi connectivity index (χ0n) is 22.4. The maximum atomic E-state index is 12.0. The molecule has 1 fully saturated rings. The second kappa shape index (κ2) is 14.6. The van der Waals surface area contributed by atoms with Crippen LogP contribution in [0.15, 0.2) is 54.6 Å². The summed E-state index contributed by atoms with van der Waals surface area (Å²) in [5, 5.41) is 11.7. The number of carbonyl (C=O) groups is 2. The smallest absolute Gasteiger partial charge is 0.303 e. The highest BCUT2D eigenvalue weighted by atomic mass is 16.4. The Hall–Kier alpha value is -2.90. The molecule has 1 saturated carbocycles. The van der Waals surface area contributed by atoms with E-state index < -0.39 is 5.97 Å². The number of rotatable bonds is 10. The molecule has 198 valence electrons. The molecular weight excluding hydrogens is 452 g/mol. The van der Waals surface area contributed by atoms with Crippen LogP contribution in [0.5, 0.6) is 0 Å². The number of anilines is 1. The number of likely N-dealkylation sites (N-methyl/N-ethyl adjacent to an activating group) is 1. The van der Waals surface area contributed by atoms with Crippen LogP contribution in [0.4, 0.5) is 5.69 Å². The molecule has 0 saturated heterocycles. The van der Waals surface area contributed by atoms with Gasteiger partial charge in [-0.15, -0.1) is 0 Å². The maximum Gasteiger partial charge on any atom is 0.303 e. The van der Waals surface area contributed by atoms with Crippen LogP contribution in [0.25, 0.3) is 0 Å². The van der Waals surface area contributed by atoms with Gasteiger partial charge >= 0.3 is 5.97 Å². The first-order chi connectivity index (χ1) is 17.1. The molecule has 0 heterocycles. The lowest BCUT2D eigenvalue weighted by Crippen LogP contribution is -2.52. The molecule has 2 aromatic carbocycles. The van der Waals surface area contributed by atoms with Gasteiger partial charge in [0.2, 0.25) is 5.91 Å². The average molecular weight is 497 g/mol. The van der Waals surface area contributed by atoms with Crippen molar-refractivity contribution >= 4 is 17.6 Å². The Morgan fingerprint density at radius 2 is 1.56 bits per heavy atom. The molecule has 3 rings (SSSR count). The number of benzene rings is 2. The van der Waals surface area contributed by atoms with Gasteiger partial charge in [-0.2, -0.15) is 0 Å². The Labute approximate surface area is 216 Å². The van der Waals surface area contributed by atoms with E-state index in [1.165, 1.54) is 16.8 Å². The number of carboxylic acids is 1. The first-order valence-corrected chi connectivity index (χ1v) is 12.8. The summed E-state index contributed by atoms with van der Waals surface area (Å²) in [5.41, 5.74) is 9.35. The molecule has 36 heavy (non-hydrogen) atoms. The van der Waals surface area contributed by atoms with Crippen LogP contribution in [0.2, 0.25) is 0 Å². The van der Waals surface area contributed by atoms with Gasteiger partial charge in [0, 0.05) is 50.7 Å². The molecule has 2 aromatic rings. The summed E-state index contributed by atoms with van der Waals surface area (Å²) < 4.78 is 0. The van der Waals surface area contributed by atoms with E-state index in [-0.39, 0.29) is 23.9 Å². The number of nitrogens with two attached hydrogens (primary N) is 1. The monoisotopic (exact) mass is 496 g/mol. The normalized spacial score (nSPS) is 19.2. The third-order valence-corrected chi connectivity index (χ3v) is 7.09. The molecule has 0 aliphatic heterocycles. The standard InChI is InChI=1S/C20H30N2O3.C9H14N2/c1-22(2)20(15-16-7-4-3-5-8-16)13-11-17(12-14-20)21-18(23)9-6-10-19(24)25;1-11(2)9-5-3-8(7-10)4-6-9/h3-5,7-8,17H,6,9-15H2,1-2H3,(H,21,23)(H,24,25);3-6H,7,10H2,1-2H3. The molecule has 0 bridgehead atoms. The van der Waals surface area contributed by atoms with Crippen LogP contribution in [0.1, 0.15) is 56.1 Å². The van der Waals surface area contributed by atoms with Crippen molar-refractivity contribution in [2.45, 2.75) is 69.5 Å². The van der Waals surface area contributed by atoms with E-state index in [1.807, 2.05) is 20.2 Å². The van der Waals surface area contributed by atoms with Crippen LogP contribution in [-0.2, 0) is 22.6 Å². The van der Waals surface area contributed by atoms with Crippen molar-refractivity contribution in [1.29, 1.82) is 0 Å². The second-order valence-corrected chi connectivity index (χ2v) is 10.1. The predicted molar refractivity (Wildman–Crippen MR) is 147 cm³/mol. The van der Waals surface area contributed by atoms with Gasteiger partial charge in [0.05, 0.1) is 0 Å². The van der Waals surface area contributed by atoms with Gasteiger partial charge in [-0.05, 0) is 75.9 Å². The Kier molecular flexibility index (Phi) is 11.9. The average Bonchev–Trinajstić information content (AvgIpc) is 2.86. The molecule has 7 nitrogen and oxygen atoms in total. The van der Waals surface area contributed by atoms with Crippen LogP contribution in [0, 0.1) is 0 Å². The predicted octanol–water partition coefficient (Wildman–Crippen LogP) is 4.05. The quantitative estimate of drug-likeness (QED) is 0.459. The number of hydrogen-bond donors (Lipinski definition) is 3. The first-order valence-electron chi connectivity index (χ1n) is 12.8. The lowest BCUT2D eigenvalue weighted by atomic mass is 9.75. The fourth-order valence-electron chi connectivity index (χ4n) is 4.69. The fourth-order valence-corrected chi connectivity index (χ4v) is 4.69. The molecule has 1 amide bonds. The molecule has 0 spiro atoms. The van der Waals surface area contributed by atoms with Gasteiger partial charge < -0.3 is 26.0 Å². The maximum absolute atomic E-state index is 12.0. The number of aliphatic carboxylic acids is 1. The fraction of sp³-hybridized carbons (Fsp3) is 0.517. The Bertz CT molecular complexity index is 921. The van der Waals surface area contributed by atoms with Crippen molar-refractivity contribution in [2.24, 2.45) is 5.73 Å². The van der Waals surface area contributed by atoms with Gasteiger partial charge in [0.15, 0.2) is 0 Å². The third-order valence-electron chi connectivity index (χ3n) is 7.09. The number of carbonyl (C=O) groups excluding carboxylic acids is 1. The second-order valence-electron chi connectivity index (χ2n) is 10.1. The molecule has 7 heteroatoms. The topological polar surface area (TPSA) is 98.9 Å². The van der Waals surface area contributed by atoms with Crippen molar-refractivity contribution in [3.05, 3.63) is 65.7 Å². The molecular formula is C29H44N4O3. The molecule has 0 aromatic heterocycles. The SMILES string of the molecule is CN(C)C1(Cc2ccccc2)CCC(NC(=O)CCCC(=O)O)CC1.CN(C)c1ccc(CN)cc1. The van der Waals surface area contributed by atoms with Gasteiger partial charge in [0.25, 0.3) is 0 Å². The minimum atomic E-state index is -0.845. The Morgan fingerprint density at radius 3 is 2.06 bits per heavy atom. The van der Waals surface area contributed by atoms with Crippen LogP contribution < -0.4 is 16.0 Å². The lowest BCUT2D eigenvalue weighted by Gasteiger charge is -2.45. The summed E-state index contributed by atoms with van der Waals surface area (Å²) >= 11 is 0. The highest BCUT2D eigenvalue weighted by Crippen LogP contribution is 2.35. The molecule has 0 atom stereocenters. The van der Waals surface area contributed by atoms with Gasteiger partial charge in [-0.1, -0.05) is 42.5 Å². The largest absolute Gasteiger partial charge is 0.481 e. The van der Waals surface area contributed by atoms with Crippen LogP contribution >= 0.6 is 0 Å². The van der Waals surface area contributed by atoms with E-state index in [0.29, 0.717) is 19.4 Å². The first kappa shape index (κ1) is 29.3. The van der Waals surface area contributed by atoms with Gasteiger partial charge in [-0.3, -0.25) is 9.59 Å². The van der Waals surface area contributed by atoms with E-state index in [0.717, 1.165) is 32.1 Å². The molecule has 4 N–H and O–H groups in total. The molecule has 1 aliphatic carbocycles. The lowest BCUT2D eigenvalue weighted by molar-refractivity contribution is -0.137. The Morgan fingerprint density at radius 1 is 0.944 bits per heavy atom. The molecule has 0 radical (unpaired) electrons. The van der Waals surface area contributed by atoms with E-state index in [9.17, 15) is 9.59 Å². The summed E-state index contributed by atoms with van der Waals surface area (Å²) in [7, 11) is 8.34. The molecule has 1 aliphatic rings. The summed E-state index contributed by atoms with van der Waals surface area (Å²) in [6.07, 6.45) is 5.82. The highest BCUT2D eigenvalue weighted by Gasteiger charge is 2.37. The zero-order chi connectivity index (χ0) is 26.6. The summed E-state index contributed by atoms with van der Waals surface area (Å²) in [4.78, 5) is 26.9. The number of hydrogen-bond acceptors (Lipinski definition) is 5. The van der Waals surface area contributed by atoms with Crippen molar-refractivity contribution < 1.29 is 14.7 Å². The van der Waals surface area contributed by atoms with Crippen molar-refractivity contribution in [2.75, 3.05) is 33.1 Å². The van der Waals surface area contributed by atoms with Gasteiger partial charge in [0.1, 0.15) is 0 Å². The number of carboxylic acid groups (broad SMARTS) is 1. The van der Waals surface area contributed by atoms with E-state index in [1.54, 1.807) is 0 Å². The summed E-state index contributed by atoms with van der Waals surface area (Å²) in [5.74, 6) is -0.867. The summed E-state index contributed by atoms with van der Waals surface area (Å²) in [6.45, 7) is 0.619. The number of amides is 1. The number of nitrogens with one attached hydrogen (secondary N) is 1. The molecule has 0 unspecified atom stereocenters. The highest BCUT2D eigenvalue weighted by molar-refractivity contribution is 5.77.